The number of hydrogen-bond donors (Lipinski definition) is 0. The number of ether oxygens (including phenoxy) is 1. The minimum absolute atomic E-state index is 0.0971. The summed E-state index contributed by atoms with van der Waals surface area (Å²) in [5.74, 6) is -0.721. The van der Waals surface area contributed by atoms with Gasteiger partial charge in [-0.05, 0) is 31.4 Å². The Morgan fingerprint density at radius 3 is 2.63 bits per heavy atom. The van der Waals surface area contributed by atoms with Gasteiger partial charge in [0.05, 0.1) is 27.1 Å². The van der Waals surface area contributed by atoms with E-state index in [2.05, 4.69) is 4.98 Å². The summed E-state index contributed by atoms with van der Waals surface area (Å²) in [6, 6.07) is 2.50. The van der Waals surface area contributed by atoms with Gasteiger partial charge in [0, 0.05) is 24.5 Å². The minimum atomic E-state index is -4.66. The van der Waals surface area contributed by atoms with Crippen LogP contribution in [0.2, 0.25) is 0 Å². The maximum absolute atomic E-state index is 12.9. The monoisotopic (exact) mass is 443 g/mol. The first-order chi connectivity index (χ1) is 14.2. The number of thiazole rings is 1. The van der Waals surface area contributed by atoms with Gasteiger partial charge in [0.25, 0.3) is 5.69 Å². The van der Waals surface area contributed by atoms with Crippen molar-refractivity contribution in [3.8, 4) is 0 Å². The Morgan fingerprint density at radius 2 is 2.07 bits per heavy atom. The molecule has 162 valence electrons. The second-order valence-corrected chi connectivity index (χ2v) is 7.86. The Kier molecular flexibility index (Phi) is 6.59. The summed E-state index contributed by atoms with van der Waals surface area (Å²) in [6.07, 6.45) is -3.05. The van der Waals surface area contributed by atoms with Gasteiger partial charge in [-0.15, -0.1) is 11.3 Å². The number of halogens is 3. The molecule has 2 heterocycles. The van der Waals surface area contributed by atoms with E-state index >= 15 is 0 Å². The topological polar surface area (TPSA) is 85.6 Å². The summed E-state index contributed by atoms with van der Waals surface area (Å²) in [5, 5.41) is 14.1. The fraction of sp³-hybridized carbons (Fsp3) is 0.474. The van der Waals surface area contributed by atoms with Crippen molar-refractivity contribution in [2.75, 3.05) is 18.0 Å². The second kappa shape index (κ2) is 8.99. The number of carbonyl (C=O) groups excluding carboxylic acids is 1. The number of piperidine rings is 1. The molecule has 1 fully saturated rings. The number of hydrogen-bond acceptors (Lipinski definition) is 7. The summed E-state index contributed by atoms with van der Waals surface area (Å²) in [7, 11) is 0. The lowest BCUT2D eigenvalue weighted by Crippen LogP contribution is -2.37. The van der Waals surface area contributed by atoms with E-state index in [1.165, 1.54) is 11.3 Å². The largest absolute Gasteiger partial charge is 0.459 e. The van der Waals surface area contributed by atoms with E-state index in [0.29, 0.717) is 37.7 Å². The van der Waals surface area contributed by atoms with E-state index in [9.17, 15) is 28.1 Å². The van der Waals surface area contributed by atoms with E-state index in [1.807, 2.05) is 12.3 Å². The summed E-state index contributed by atoms with van der Waals surface area (Å²) in [5.41, 5.74) is -0.844. The molecule has 7 nitrogen and oxygen atoms in total. The number of aromatic nitrogens is 1. The predicted molar refractivity (Wildman–Crippen MR) is 104 cm³/mol. The van der Waals surface area contributed by atoms with Crippen molar-refractivity contribution in [2.45, 2.75) is 39.0 Å². The van der Waals surface area contributed by atoms with E-state index in [1.54, 1.807) is 4.90 Å². The van der Waals surface area contributed by atoms with E-state index < -0.39 is 22.4 Å². The van der Waals surface area contributed by atoms with Gasteiger partial charge in [-0.1, -0.05) is 6.92 Å². The third-order valence-corrected chi connectivity index (χ3v) is 5.97. The molecule has 0 N–H and O–H groups in total. The van der Waals surface area contributed by atoms with Gasteiger partial charge in [0.15, 0.2) is 0 Å². The number of nitro groups is 1. The lowest BCUT2D eigenvalue weighted by Gasteiger charge is -2.32. The number of aryl methyl sites for hydroxylation is 1. The average Bonchev–Trinajstić information content (AvgIpc) is 3.19. The molecule has 1 aromatic carbocycles. The molecule has 0 spiro atoms. The molecular weight excluding hydrogens is 423 g/mol. The van der Waals surface area contributed by atoms with E-state index in [-0.39, 0.29) is 24.2 Å². The second-order valence-electron chi connectivity index (χ2n) is 6.91. The molecule has 0 aliphatic carbocycles. The highest BCUT2D eigenvalue weighted by molar-refractivity contribution is 7.09. The van der Waals surface area contributed by atoms with Crippen molar-refractivity contribution < 1.29 is 27.6 Å². The molecular formula is C19H20F3N3O4S. The number of rotatable bonds is 6. The van der Waals surface area contributed by atoms with Crippen molar-refractivity contribution in [3.63, 3.8) is 0 Å². The van der Waals surface area contributed by atoms with Crippen LogP contribution in [0.4, 0.5) is 24.5 Å². The molecule has 0 bridgehead atoms. The molecule has 2 aromatic rings. The van der Waals surface area contributed by atoms with E-state index in [0.717, 1.165) is 23.6 Å². The van der Waals surface area contributed by atoms with Gasteiger partial charge in [0.2, 0.25) is 0 Å². The van der Waals surface area contributed by atoms with Gasteiger partial charge in [-0.2, -0.15) is 13.2 Å². The van der Waals surface area contributed by atoms with Gasteiger partial charge in [0.1, 0.15) is 12.3 Å². The molecule has 0 amide bonds. The summed E-state index contributed by atoms with van der Waals surface area (Å²) >= 11 is 1.51. The van der Waals surface area contributed by atoms with Crippen LogP contribution in [0.25, 0.3) is 0 Å². The number of nitrogens with zero attached hydrogens (tertiary/aromatic N) is 3. The number of nitro benzene ring substituents is 1. The highest BCUT2D eigenvalue weighted by atomic mass is 32.1. The zero-order valence-electron chi connectivity index (χ0n) is 16.1. The molecule has 30 heavy (non-hydrogen) atoms. The zero-order chi connectivity index (χ0) is 21.9. The standard InChI is InChI=1S/C19H20F3N3O4S/c1-2-17-23-14(11-30-17)10-29-18(26)12-5-7-24(8-6-12)15-4-3-13(19(20,21)22)9-16(15)25(27)28/h3-4,9,11-12H,2,5-8,10H2,1H3. The van der Waals surface area contributed by atoms with Crippen molar-refractivity contribution >= 4 is 28.7 Å². The molecule has 1 aromatic heterocycles. The lowest BCUT2D eigenvalue weighted by molar-refractivity contribution is -0.384. The number of esters is 1. The molecule has 0 radical (unpaired) electrons. The van der Waals surface area contributed by atoms with Crippen molar-refractivity contribution in [1.29, 1.82) is 0 Å². The lowest BCUT2D eigenvalue weighted by atomic mass is 9.96. The Bertz CT molecular complexity index is 924. The molecule has 11 heteroatoms. The van der Waals surface area contributed by atoms with E-state index in [4.69, 9.17) is 4.74 Å². The summed E-state index contributed by atoms with van der Waals surface area (Å²) < 4.78 is 43.9. The molecule has 3 rings (SSSR count). The third kappa shape index (κ3) is 5.07. The SMILES string of the molecule is CCc1nc(COC(=O)C2CCN(c3ccc(C(F)(F)F)cc3[N+](=O)[O-])CC2)cs1. The maximum Gasteiger partial charge on any atom is 0.416 e. The van der Waals surface area contributed by atoms with Gasteiger partial charge in [-0.3, -0.25) is 14.9 Å². The Balaban J connectivity index is 1.60. The van der Waals surface area contributed by atoms with Gasteiger partial charge >= 0.3 is 12.1 Å². The van der Waals surface area contributed by atoms with Crippen LogP contribution < -0.4 is 4.90 Å². The summed E-state index contributed by atoms with van der Waals surface area (Å²) in [4.78, 5) is 28.8. The fourth-order valence-electron chi connectivity index (χ4n) is 3.31. The molecule has 0 saturated carbocycles. The van der Waals surface area contributed by atoms with Crippen molar-refractivity contribution in [3.05, 3.63) is 50.0 Å². The van der Waals surface area contributed by atoms with Crippen molar-refractivity contribution in [1.82, 2.24) is 4.98 Å². The Morgan fingerprint density at radius 1 is 1.37 bits per heavy atom. The molecule has 1 aliphatic rings. The smallest absolute Gasteiger partial charge is 0.416 e. The number of anilines is 1. The quantitative estimate of drug-likeness (QED) is 0.369. The first-order valence-electron chi connectivity index (χ1n) is 9.39. The average molecular weight is 443 g/mol. The third-order valence-electron chi connectivity index (χ3n) is 4.93. The van der Waals surface area contributed by atoms with Gasteiger partial charge in [-0.25, -0.2) is 4.98 Å². The van der Waals surface area contributed by atoms with Gasteiger partial charge < -0.3 is 9.64 Å². The van der Waals surface area contributed by atoms with Crippen LogP contribution in [-0.2, 0) is 28.7 Å². The Labute approximate surface area is 174 Å². The molecule has 1 saturated heterocycles. The first kappa shape index (κ1) is 22.0. The minimum Gasteiger partial charge on any atom is -0.459 e. The van der Waals surface area contributed by atoms with Crippen LogP contribution in [0, 0.1) is 16.0 Å². The van der Waals surface area contributed by atoms with Crippen LogP contribution in [0.5, 0.6) is 0 Å². The fourth-order valence-corrected chi connectivity index (χ4v) is 4.04. The Hall–Kier alpha value is -2.69. The van der Waals surface area contributed by atoms with Crippen LogP contribution in [0.1, 0.15) is 36.0 Å². The molecule has 0 unspecified atom stereocenters. The van der Waals surface area contributed by atoms with Crippen LogP contribution in [-0.4, -0.2) is 29.0 Å². The zero-order valence-corrected chi connectivity index (χ0v) is 17.0. The van der Waals surface area contributed by atoms with Crippen LogP contribution in [0.3, 0.4) is 0 Å². The van der Waals surface area contributed by atoms with Crippen LogP contribution >= 0.6 is 11.3 Å². The van der Waals surface area contributed by atoms with Crippen molar-refractivity contribution in [2.24, 2.45) is 5.92 Å². The predicted octanol–water partition coefficient (Wildman–Crippen LogP) is 4.59. The summed E-state index contributed by atoms with van der Waals surface area (Å²) in [6.45, 7) is 2.70. The molecule has 0 atom stereocenters. The number of alkyl halides is 3. The normalized spacial score (nSPS) is 15.3. The van der Waals surface area contributed by atoms with Crippen LogP contribution in [0.15, 0.2) is 23.6 Å². The first-order valence-corrected chi connectivity index (χ1v) is 10.3. The highest BCUT2D eigenvalue weighted by Crippen LogP contribution is 2.37. The highest BCUT2D eigenvalue weighted by Gasteiger charge is 2.35. The number of benzene rings is 1. The number of carbonyl (C=O) groups is 1. The molecule has 1 aliphatic heterocycles. The maximum atomic E-state index is 12.9.